The van der Waals surface area contributed by atoms with Crippen LogP contribution in [-0.2, 0) is 5.41 Å². The van der Waals surface area contributed by atoms with Crippen molar-refractivity contribution in [1.82, 2.24) is 0 Å². The smallest absolute Gasteiger partial charge is 0.133 e. The highest BCUT2D eigenvalue weighted by Crippen LogP contribution is 2.38. The first-order chi connectivity index (χ1) is 7.50. The third-order valence-corrected chi connectivity index (χ3v) is 3.90. The van der Waals surface area contributed by atoms with Gasteiger partial charge in [-0.2, -0.15) is 0 Å². The second-order valence-corrected chi connectivity index (χ2v) is 6.21. The summed E-state index contributed by atoms with van der Waals surface area (Å²) < 4.78 is 5.68. The quantitative estimate of drug-likeness (QED) is 0.816. The maximum absolute atomic E-state index is 9.06. The average molecular weight is 238 g/mol. The van der Waals surface area contributed by atoms with Gasteiger partial charge in [0.25, 0.3) is 0 Å². The zero-order valence-corrected chi connectivity index (χ0v) is 10.8. The van der Waals surface area contributed by atoms with E-state index in [0.717, 1.165) is 11.5 Å². The summed E-state index contributed by atoms with van der Waals surface area (Å²) in [5.74, 6) is 1.74. The Kier molecular flexibility index (Phi) is 3.17. The lowest BCUT2D eigenvalue weighted by atomic mass is 9.87. The van der Waals surface area contributed by atoms with Crippen molar-refractivity contribution in [3.63, 3.8) is 0 Å². The van der Waals surface area contributed by atoms with Crippen LogP contribution in [0.15, 0.2) is 23.1 Å². The Hall–Kier alpha value is -0.670. The summed E-state index contributed by atoms with van der Waals surface area (Å²) in [4.78, 5) is 1.19. The van der Waals surface area contributed by atoms with Crippen molar-refractivity contribution in [3.8, 4) is 5.75 Å². The molecule has 1 heterocycles. The molecule has 0 aromatic heterocycles. The second-order valence-electron chi connectivity index (χ2n) is 5.14. The molecule has 0 saturated heterocycles. The topological polar surface area (TPSA) is 29.5 Å². The number of hydrogen-bond donors (Lipinski definition) is 1. The molecule has 2 rings (SSSR count). The van der Waals surface area contributed by atoms with E-state index in [1.165, 1.54) is 10.5 Å². The van der Waals surface area contributed by atoms with Crippen LogP contribution in [0.25, 0.3) is 0 Å². The van der Waals surface area contributed by atoms with E-state index in [0.29, 0.717) is 0 Å². The number of aliphatic hydroxyl groups excluding tert-OH is 1. The van der Waals surface area contributed by atoms with Crippen LogP contribution in [-0.4, -0.2) is 23.6 Å². The Morgan fingerprint density at radius 2 is 2.19 bits per heavy atom. The molecule has 1 atom stereocenters. The fourth-order valence-corrected chi connectivity index (χ4v) is 2.68. The Labute approximate surface area is 101 Å². The van der Waals surface area contributed by atoms with E-state index in [2.05, 4.69) is 32.9 Å². The normalized spacial score (nSPS) is 20.1. The summed E-state index contributed by atoms with van der Waals surface area (Å²) in [6.45, 7) is 6.71. The van der Waals surface area contributed by atoms with E-state index in [4.69, 9.17) is 9.84 Å². The standard InChI is InChI=1S/C13H18O2S/c1-13(2,3)9-4-5-11-12(6-9)16-8-10(7-14)15-11/h4-6,10,14H,7-8H2,1-3H3. The van der Waals surface area contributed by atoms with E-state index in [9.17, 15) is 0 Å². The molecule has 1 N–H and O–H groups in total. The molecule has 0 bridgehead atoms. The predicted molar refractivity (Wildman–Crippen MR) is 67.4 cm³/mol. The Morgan fingerprint density at radius 3 is 2.81 bits per heavy atom. The number of hydrogen-bond acceptors (Lipinski definition) is 3. The molecule has 0 aliphatic carbocycles. The molecule has 1 aliphatic heterocycles. The first-order valence-electron chi connectivity index (χ1n) is 5.55. The predicted octanol–water partition coefficient (Wildman–Crippen LogP) is 2.83. The molecule has 2 nitrogen and oxygen atoms in total. The molecule has 0 amide bonds. The van der Waals surface area contributed by atoms with E-state index in [-0.39, 0.29) is 18.1 Å². The molecule has 1 unspecified atom stereocenters. The Balaban J connectivity index is 2.28. The van der Waals surface area contributed by atoms with E-state index in [1.807, 2.05) is 6.07 Å². The maximum atomic E-state index is 9.06. The van der Waals surface area contributed by atoms with Gasteiger partial charge < -0.3 is 9.84 Å². The summed E-state index contributed by atoms with van der Waals surface area (Å²) in [7, 11) is 0. The molecule has 0 fully saturated rings. The lowest BCUT2D eigenvalue weighted by molar-refractivity contribution is 0.127. The summed E-state index contributed by atoms with van der Waals surface area (Å²) in [5, 5.41) is 9.06. The van der Waals surface area contributed by atoms with Gasteiger partial charge in [-0.25, -0.2) is 0 Å². The molecule has 16 heavy (non-hydrogen) atoms. The summed E-state index contributed by atoms with van der Waals surface area (Å²) in [6, 6.07) is 6.33. The van der Waals surface area contributed by atoms with Gasteiger partial charge in [-0.1, -0.05) is 26.8 Å². The number of fused-ring (bicyclic) bond motifs is 1. The molecule has 0 radical (unpaired) electrons. The van der Waals surface area contributed by atoms with Crippen molar-refractivity contribution >= 4 is 11.8 Å². The van der Waals surface area contributed by atoms with Gasteiger partial charge >= 0.3 is 0 Å². The van der Waals surface area contributed by atoms with E-state index < -0.39 is 0 Å². The zero-order chi connectivity index (χ0) is 11.8. The number of ether oxygens (including phenoxy) is 1. The number of aliphatic hydroxyl groups is 1. The monoisotopic (exact) mass is 238 g/mol. The van der Waals surface area contributed by atoms with Crippen LogP contribution >= 0.6 is 11.8 Å². The number of thioether (sulfide) groups is 1. The van der Waals surface area contributed by atoms with Crippen LogP contribution in [0.1, 0.15) is 26.3 Å². The van der Waals surface area contributed by atoms with Crippen molar-refractivity contribution in [2.45, 2.75) is 37.2 Å². The van der Waals surface area contributed by atoms with E-state index >= 15 is 0 Å². The molecule has 1 aromatic carbocycles. The van der Waals surface area contributed by atoms with Gasteiger partial charge in [-0.05, 0) is 23.1 Å². The van der Waals surface area contributed by atoms with Gasteiger partial charge in [0, 0.05) is 10.6 Å². The van der Waals surface area contributed by atoms with Gasteiger partial charge in [0.05, 0.1) is 6.61 Å². The minimum atomic E-state index is -0.0574. The molecule has 1 aliphatic rings. The number of rotatable bonds is 1. The van der Waals surface area contributed by atoms with Crippen LogP contribution in [0.5, 0.6) is 5.75 Å². The van der Waals surface area contributed by atoms with Crippen LogP contribution < -0.4 is 4.74 Å². The molecule has 0 saturated carbocycles. The minimum absolute atomic E-state index is 0.0574. The molecular formula is C13H18O2S. The molecule has 0 spiro atoms. The van der Waals surface area contributed by atoms with Crippen LogP contribution in [0.3, 0.4) is 0 Å². The van der Waals surface area contributed by atoms with Crippen molar-refractivity contribution < 1.29 is 9.84 Å². The molecule has 88 valence electrons. The van der Waals surface area contributed by atoms with Crippen LogP contribution in [0, 0.1) is 0 Å². The fraction of sp³-hybridized carbons (Fsp3) is 0.538. The third-order valence-electron chi connectivity index (χ3n) is 2.73. The van der Waals surface area contributed by atoms with Crippen molar-refractivity contribution in [1.29, 1.82) is 0 Å². The zero-order valence-electron chi connectivity index (χ0n) is 9.99. The van der Waals surface area contributed by atoms with E-state index in [1.54, 1.807) is 11.8 Å². The third kappa shape index (κ3) is 2.36. The summed E-state index contributed by atoms with van der Waals surface area (Å²) in [6.07, 6.45) is -0.0574. The Morgan fingerprint density at radius 1 is 1.44 bits per heavy atom. The van der Waals surface area contributed by atoms with Gasteiger partial charge in [0.1, 0.15) is 11.9 Å². The lowest BCUT2D eigenvalue weighted by Gasteiger charge is -2.26. The minimum Gasteiger partial charge on any atom is -0.486 e. The molecular weight excluding hydrogens is 220 g/mol. The number of benzene rings is 1. The molecule has 3 heteroatoms. The van der Waals surface area contributed by atoms with Crippen LogP contribution in [0.4, 0.5) is 0 Å². The Bertz CT molecular complexity index is 382. The highest BCUT2D eigenvalue weighted by Gasteiger charge is 2.22. The largest absolute Gasteiger partial charge is 0.486 e. The summed E-state index contributed by atoms with van der Waals surface area (Å²) >= 11 is 1.77. The SMILES string of the molecule is CC(C)(C)c1ccc2c(c1)SCC(CO)O2. The summed E-state index contributed by atoms with van der Waals surface area (Å²) in [5.41, 5.74) is 1.49. The lowest BCUT2D eigenvalue weighted by Crippen LogP contribution is -2.27. The first-order valence-corrected chi connectivity index (χ1v) is 6.54. The van der Waals surface area contributed by atoms with Gasteiger partial charge in [0.15, 0.2) is 0 Å². The highest BCUT2D eigenvalue weighted by atomic mass is 32.2. The highest BCUT2D eigenvalue weighted by molar-refractivity contribution is 7.99. The van der Waals surface area contributed by atoms with Gasteiger partial charge in [0.2, 0.25) is 0 Å². The molecule has 1 aromatic rings. The maximum Gasteiger partial charge on any atom is 0.133 e. The van der Waals surface area contributed by atoms with Gasteiger partial charge in [-0.3, -0.25) is 0 Å². The fourth-order valence-electron chi connectivity index (χ4n) is 1.67. The van der Waals surface area contributed by atoms with Crippen LogP contribution in [0.2, 0.25) is 0 Å². The van der Waals surface area contributed by atoms with Crippen molar-refractivity contribution in [2.24, 2.45) is 0 Å². The second kappa shape index (κ2) is 4.30. The van der Waals surface area contributed by atoms with Gasteiger partial charge in [-0.15, -0.1) is 11.8 Å². The average Bonchev–Trinajstić information content (AvgIpc) is 2.26. The first kappa shape index (κ1) is 11.8. The van der Waals surface area contributed by atoms with Crippen molar-refractivity contribution in [2.75, 3.05) is 12.4 Å². The van der Waals surface area contributed by atoms with Crippen molar-refractivity contribution in [3.05, 3.63) is 23.8 Å².